The molecule has 1 heterocycles. The Morgan fingerprint density at radius 1 is 1.28 bits per heavy atom. The zero-order valence-electron chi connectivity index (χ0n) is 19.3. The van der Waals surface area contributed by atoms with Crippen LogP contribution in [0.25, 0.3) is 0 Å². The monoisotopic (exact) mass is 490 g/mol. The Balaban J connectivity index is 1.54. The number of anilines is 1. The number of carbonyl (C=O) groups is 2. The van der Waals surface area contributed by atoms with Crippen LogP contribution in [0.2, 0.25) is 0 Å². The van der Waals surface area contributed by atoms with Crippen LogP contribution in [0.15, 0.2) is 65.3 Å². The first-order chi connectivity index (χ1) is 17.3. The van der Waals surface area contributed by atoms with Crippen molar-refractivity contribution in [1.82, 2.24) is 0 Å². The molecule has 0 fully saturated rings. The zero-order valence-corrected chi connectivity index (χ0v) is 19.3. The largest absolute Gasteiger partial charge is 0.493 e. The number of methoxy groups -OCH3 is 1. The van der Waals surface area contributed by atoms with E-state index >= 15 is 0 Å². The first-order valence-corrected chi connectivity index (χ1v) is 11.0. The third-order valence-electron chi connectivity index (χ3n) is 5.83. The van der Waals surface area contributed by atoms with E-state index in [4.69, 9.17) is 19.9 Å². The van der Waals surface area contributed by atoms with Gasteiger partial charge in [-0.3, -0.25) is 19.7 Å². The Labute approximate surface area is 205 Å². The van der Waals surface area contributed by atoms with Gasteiger partial charge in [0.2, 0.25) is 5.88 Å². The maximum absolute atomic E-state index is 12.7. The molecule has 0 radical (unpaired) electrons. The minimum Gasteiger partial charge on any atom is -0.493 e. The van der Waals surface area contributed by atoms with Crippen molar-refractivity contribution < 1.29 is 28.7 Å². The molecule has 2 aliphatic rings. The number of hydrogen-bond acceptors (Lipinski definition) is 9. The summed E-state index contributed by atoms with van der Waals surface area (Å²) < 4.78 is 16.6. The second kappa shape index (κ2) is 10.2. The van der Waals surface area contributed by atoms with Crippen LogP contribution in [-0.2, 0) is 14.3 Å². The van der Waals surface area contributed by atoms with E-state index < -0.39 is 16.7 Å². The molecule has 1 aliphatic carbocycles. The lowest BCUT2D eigenvalue weighted by molar-refractivity contribution is -0.384. The summed E-state index contributed by atoms with van der Waals surface area (Å²) in [4.78, 5) is 35.4. The minimum absolute atomic E-state index is 0.0342. The zero-order chi connectivity index (χ0) is 25.8. The van der Waals surface area contributed by atoms with Gasteiger partial charge in [0, 0.05) is 36.2 Å². The van der Waals surface area contributed by atoms with E-state index in [0.717, 1.165) is 0 Å². The Bertz CT molecular complexity index is 1360. The van der Waals surface area contributed by atoms with Crippen molar-refractivity contribution in [2.45, 2.75) is 25.2 Å². The number of hydrogen-bond donors (Lipinski definition) is 2. The lowest BCUT2D eigenvalue weighted by Crippen LogP contribution is -2.27. The summed E-state index contributed by atoms with van der Waals surface area (Å²) >= 11 is 0. The van der Waals surface area contributed by atoms with E-state index in [9.17, 15) is 25.0 Å². The van der Waals surface area contributed by atoms with Gasteiger partial charge in [-0.1, -0.05) is 12.1 Å². The van der Waals surface area contributed by atoms with Crippen LogP contribution < -0.4 is 20.5 Å². The third-order valence-corrected chi connectivity index (χ3v) is 5.83. The summed E-state index contributed by atoms with van der Waals surface area (Å²) in [6, 6.07) is 12.5. The Morgan fingerprint density at radius 3 is 2.81 bits per heavy atom. The van der Waals surface area contributed by atoms with Crippen molar-refractivity contribution in [2.24, 2.45) is 5.73 Å². The fourth-order valence-electron chi connectivity index (χ4n) is 4.21. The van der Waals surface area contributed by atoms with E-state index in [0.29, 0.717) is 36.2 Å². The second-order valence-electron chi connectivity index (χ2n) is 8.09. The quantitative estimate of drug-likeness (QED) is 0.436. The molecule has 0 spiro atoms. The van der Waals surface area contributed by atoms with Crippen molar-refractivity contribution in [3.63, 3.8) is 0 Å². The molecule has 0 saturated heterocycles. The molecule has 1 aliphatic heterocycles. The molecule has 184 valence electrons. The summed E-state index contributed by atoms with van der Waals surface area (Å²) in [6.45, 7) is -0.389. The minimum atomic E-state index is -0.702. The standard InChI is InChI=1S/C25H22N4O7/c1-34-21-10-14(23-17(12-26)25(27)36-20-7-3-6-18(30)24(20)23)8-9-19(21)35-13-22(31)28-15-4-2-5-16(11-15)29(32)33/h2,4-5,8-11,23H,3,6-7,13,27H2,1H3,(H,28,31)/t23-/m1/s1. The van der Waals surface area contributed by atoms with Crippen LogP contribution in [0.1, 0.15) is 30.7 Å². The number of ether oxygens (including phenoxy) is 3. The molecule has 2 aromatic rings. The van der Waals surface area contributed by atoms with Crippen LogP contribution >= 0.6 is 0 Å². The van der Waals surface area contributed by atoms with Gasteiger partial charge in [0.25, 0.3) is 11.6 Å². The van der Waals surface area contributed by atoms with E-state index in [2.05, 4.69) is 11.4 Å². The van der Waals surface area contributed by atoms with E-state index in [1.807, 2.05) is 0 Å². The highest BCUT2D eigenvalue weighted by Gasteiger charge is 2.38. The van der Waals surface area contributed by atoms with Crippen molar-refractivity contribution >= 4 is 23.1 Å². The molecular formula is C25H22N4O7. The van der Waals surface area contributed by atoms with Crippen molar-refractivity contribution in [3.8, 4) is 17.6 Å². The highest BCUT2D eigenvalue weighted by molar-refractivity contribution is 5.99. The first-order valence-electron chi connectivity index (χ1n) is 11.0. The number of nitrogens with two attached hydrogens (primary N) is 1. The lowest BCUT2D eigenvalue weighted by atomic mass is 9.77. The van der Waals surface area contributed by atoms with Crippen molar-refractivity contribution in [1.29, 1.82) is 5.26 Å². The summed E-state index contributed by atoms with van der Waals surface area (Å²) in [5.74, 6) is -0.357. The smallest absolute Gasteiger partial charge is 0.271 e. The van der Waals surface area contributed by atoms with Crippen molar-refractivity contribution in [3.05, 3.63) is 80.9 Å². The average Bonchev–Trinajstić information content (AvgIpc) is 2.87. The number of ketones is 1. The predicted molar refractivity (Wildman–Crippen MR) is 127 cm³/mol. The summed E-state index contributed by atoms with van der Waals surface area (Å²) in [5.41, 5.74) is 7.24. The number of nitro groups is 1. The average molecular weight is 490 g/mol. The number of amides is 1. The predicted octanol–water partition coefficient (Wildman–Crippen LogP) is 3.44. The molecule has 3 N–H and O–H groups in total. The van der Waals surface area contributed by atoms with Crippen LogP contribution in [0, 0.1) is 21.4 Å². The third kappa shape index (κ3) is 4.83. The summed E-state index contributed by atoms with van der Waals surface area (Å²) in [7, 11) is 1.42. The number of Topliss-reactive ketones (excluding diaryl/α,β-unsaturated/α-hetero) is 1. The van der Waals surface area contributed by atoms with Crippen LogP contribution in [0.3, 0.4) is 0 Å². The van der Waals surface area contributed by atoms with Gasteiger partial charge in [-0.05, 0) is 30.2 Å². The molecule has 1 amide bonds. The number of benzene rings is 2. The van der Waals surface area contributed by atoms with Gasteiger partial charge in [0.15, 0.2) is 23.9 Å². The van der Waals surface area contributed by atoms with Gasteiger partial charge in [0.05, 0.1) is 18.0 Å². The summed E-state index contributed by atoms with van der Waals surface area (Å²) in [5, 5.41) is 23.2. The number of nitro benzene ring substituents is 1. The number of nitrogens with one attached hydrogen (secondary N) is 1. The van der Waals surface area contributed by atoms with Gasteiger partial charge in [-0.2, -0.15) is 5.26 Å². The molecular weight excluding hydrogens is 468 g/mol. The van der Waals surface area contributed by atoms with Crippen LogP contribution in [0.5, 0.6) is 11.5 Å². The molecule has 1 atom stereocenters. The van der Waals surface area contributed by atoms with E-state index in [1.165, 1.54) is 31.4 Å². The lowest BCUT2D eigenvalue weighted by Gasteiger charge is -2.31. The topological polar surface area (TPSA) is 167 Å². The van der Waals surface area contributed by atoms with E-state index in [-0.39, 0.29) is 46.7 Å². The first kappa shape index (κ1) is 24.3. The molecule has 4 rings (SSSR count). The Hall–Kier alpha value is -4.85. The number of allylic oxidation sites excluding steroid dienone is 3. The Kier molecular flexibility index (Phi) is 6.87. The van der Waals surface area contributed by atoms with Gasteiger partial charge in [-0.25, -0.2) is 0 Å². The van der Waals surface area contributed by atoms with E-state index in [1.54, 1.807) is 18.2 Å². The van der Waals surface area contributed by atoms with Gasteiger partial charge < -0.3 is 25.3 Å². The number of carbonyl (C=O) groups excluding carboxylic acids is 2. The highest BCUT2D eigenvalue weighted by Crippen LogP contribution is 2.45. The second-order valence-corrected chi connectivity index (χ2v) is 8.09. The van der Waals surface area contributed by atoms with Crippen molar-refractivity contribution in [2.75, 3.05) is 19.0 Å². The molecule has 0 bridgehead atoms. The fourth-order valence-corrected chi connectivity index (χ4v) is 4.21. The number of rotatable bonds is 7. The van der Waals surface area contributed by atoms with Gasteiger partial charge in [-0.15, -0.1) is 0 Å². The normalized spacial score (nSPS) is 17.0. The molecule has 0 saturated carbocycles. The fraction of sp³-hybridized carbons (Fsp3) is 0.240. The highest BCUT2D eigenvalue weighted by atomic mass is 16.6. The SMILES string of the molecule is COc1cc([C@@H]2C(C#N)=C(N)OC3=C2C(=O)CCC3)ccc1OCC(=O)Nc1cccc([N+](=O)[O-])c1. The number of non-ortho nitro benzene ring substituents is 1. The number of nitriles is 1. The molecule has 36 heavy (non-hydrogen) atoms. The Morgan fingerprint density at radius 2 is 2.08 bits per heavy atom. The maximum Gasteiger partial charge on any atom is 0.271 e. The maximum atomic E-state index is 12.7. The molecule has 2 aromatic carbocycles. The van der Waals surface area contributed by atoms with Crippen LogP contribution in [-0.4, -0.2) is 30.3 Å². The summed E-state index contributed by atoms with van der Waals surface area (Å²) in [6.07, 6.45) is 1.55. The molecule has 11 nitrogen and oxygen atoms in total. The molecule has 11 heteroatoms. The molecule has 0 aromatic heterocycles. The number of nitrogens with zero attached hydrogens (tertiary/aromatic N) is 2. The van der Waals surface area contributed by atoms with Gasteiger partial charge >= 0.3 is 0 Å². The van der Waals surface area contributed by atoms with Gasteiger partial charge in [0.1, 0.15) is 17.4 Å². The van der Waals surface area contributed by atoms with Crippen LogP contribution in [0.4, 0.5) is 11.4 Å². The molecule has 0 unspecified atom stereocenters.